The number of ether oxygens (including phenoxy) is 3. The Kier molecular flexibility index (Phi) is 7.82. The van der Waals surface area contributed by atoms with Crippen LogP contribution >= 0.6 is 0 Å². The van der Waals surface area contributed by atoms with E-state index in [2.05, 4.69) is 17.0 Å². The first-order valence-corrected chi connectivity index (χ1v) is 10.1. The van der Waals surface area contributed by atoms with Gasteiger partial charge in [0.25, 0.3) is 0 Å². The van der Waals surface area contributed by atoms with Crippen LogP contribution < -0.4 is 0 Å². The van der Waals surface area contributed by atoms with Crippen LogP contribution in [0.1, 0.15) is 25.3 Å². The monoisotopic (exact) mass is 390 g/mol. The summed E-state index contributed by atoms with van der Waals surface area (Å²) < 4.78 is 16.0. The molecule has 2 heterocycles. The van der Waals surface area contributed by atoms with Crippen molar-refractivity contribution in [3.05, 3.63) is 35.9 Å². The lowest BCUT2D eigenvalue weighted by atomic mass is 10.0. The molecule has 154 valence electrons. The van der Waals surface area contributed by atoms with Gasteiger partial charge in [0, 0.05) is 32.7 Å². The molecular weight excluding hydrogens is 360 g/mol. The van der Waals surface area contributed by atoms with Gasteiger partial charge in [0.05, 0.1) is 19.8 Å². The third-order valence-electron chi connectivity index (χ3n) is 5.18. The van der Waals surface area contributed by atoms with E-state index < -0.39 is 11.9 Å². The normalized spacial score (nSPS) is 19.5. The van der Waals surface area contributed by atoms with E-state index in [9.17, 15) is 9.59 Å². The van der Waals surface area contributed by atoms with Crippen molar-refractivity contribution in [1.29, 1.82) is 0 Å². The highest BCUT2D eigenvalue weighted by Crippen LogP contribution is 2.20. The van der Waals surface area contributed by atoms with Crippen molar-refractivity contribution in [3.8, 4) is 0 Å². The Hall–Kier alpha value is -1.96. The Labute approximate surface area is 166 Å². The number of carbonyl (C=O) groups is 2. The van der Waals surface area contributed by atoms with Crippen LogP contribution in [0.25, 0.3) is 0 Å². The van der Waals surface area contributed by atoms with Crippen molar-refractivity contribution in [3.63, 3.8) is 0 Å². The number of rotatable bonds is 8. The largest absolute Gasteiger partial charge is 0.465 e. The van der Waals surface area contributed by atoms with Gasteiger partial charge in [0.15, 0.2) is 6.29 Å². The number of amides is 1. The first-order valence-electron chi connectivity index (χ1n) is 10.1. The molecule has 2 saturated heterocycles. The summed E-state index contributed by atoms with van der Waals surface area (Å²) >= 11 is 0. The second-order valence-corrected chi connectivity index (χ2v) is 7.14. The molecule has 3 rings (SSSR count). The van der Waals surface area contributed by atoms with E-state index in [-0.39, 0.29) is 18.8 Å². The van der Waals surface area contributed by atoms with Crippen molar-refractivity contribution in [2.75, 3.05) is 46.0 Å². The van der Waals surface area contributed by atoms with Crippen LogP contribution in [0.15, 0.2) is 30.3 Å². The van der Waals surface area contributed by atoms with Gasteiger partial charge in [-0.15, -0.1) is 0 Å². The molecule has 0 saturated carbocycles. The van der Waals surface area contributed by atoms with Gasteiger partial charge in [-0.05, 0) is 25.3 Å². The zero-order valence-electron chi connectivity index (χ0n) is 16.5. The molecule has 1 atom stereocenters. The number of hydrogen-bond acceptors (Lipinski definition) is 6. The Morgan fingerprint density at radius 3 is 2.43 bits per heavy atom. The van der Waals surface area contributed by atoms with E-state index in [1.54, 1.807) is 11.8 Å². The van der Waals surface area contributed by atoms with Gasteiger partial charge in [-0.3, -0.25) is 14.5 Å². The molecule has 0 N–H and O–H groups in total. The molecule has 7 nitrogen and oxygen atoms in total. The lowest BCUT2D eigenvalue weighted by molar-refractivity contribution is -0.157. The number of esters is 1. The Balaban J connectivity index is 1.52. The molecule has 1 unspecified atom stereocenters. The molecule has 0 aromatic heterocycles. The highest BCUT2D eigenvalue weighted by atomic mass is 16.7. The first-order chi connectivity index (χ1) is 13.7. The van der Waals surface area contributed by atoms with Crippen LogP contribution in [0.2, 0.25) is 0 Å². The van der Waals surface area contributed by atoms with Crippen molar-refractivity contribution in [2.45, 2.75) is 32.6 Å². The van der Waals surface area contributed by atoms with Gasteiger partial charge < -0.3 is 19.1 Å². The molecule has 2 fully saturated rings. The summed E-state index contributed by atoms with van der Waals surface area (Å²) in [5, 5.41) is 0. The minimum absolute atomic E-state index is 0.143. The lowest BCUT2D eigenvalue weighted by Gasteiger charge is -2.36. The van der Waals surface area contributed by atoms with Gasteiger partial charge >= 0.3 is 5.97 Å². The highest BCUT2D eigenvalue weighted by Gasteiger charge is 2.34. The molecule has 0 spiro atoms. The van der Waals surface area contributed by atoms with Crippen LogP contribution in [0.4, 0.5) is 0 Å². The molecule has 28 heavy (non-hydrogen) atoms. The quantitative estimate of drug-likeness (QED) is 0.497. The third kappa shape index (κ3) is 5.77. The SMILES string of the molecule is CCOC(=O)C(CCC1OCCO1)C(=O)N1CCN(Cc2ccccc2)CC1. The molecule has 7 heteroatoms. The average Bonchev–Trinajstić information content (AvgIpc) is 3.23. The predicted molar refractivity (Wildman–Crippen MR) is 103 cm³/mol. The minimum atomic E-state index is -0.784. The molecule has 2 aliphatic rings. The van der Waals surface area contributed by atoms with E-state index in [0.29, 0.717) is 39.1 Å². The summed E-state index contributed by atoms with van der Waals surface area (Å²) in [7, 11) is 0. The maximum absolute atomic E-state index is 13.0. The van der Waals surface area contributed by atoms with Crippen LogP contribution in [-0.2, 0) is 30.3 Å². The second kappa shape index (κ2) is 10.5. The summed E-state index contributed by atoms with van der Waals surface area (Å²) in [6.45, 7) is 6.86. The average molecular weight is 390 g/mol. The molecule has 1 aromatic carbocycles. The first kappa shape index (κ1) is 20.8. The lowest BCUT2D eigenvalue weighted by Crippen LogP contribution is -2.51. The summed E-state index contributed by atoms with van der Waals surface area (Å²) in [5.41, 5.74) is 1.27. The van der Waals surface area contributed by atoms with Crippen molar-refractivity contribution in [1.82, 2.24) is 9.80 Å². The van der Waals surface area contributed by atoms with Gasteiger partial charge in [-0.1, -0.05) is 30.3 Å². The van der Waals surface area contributed by atoms with E-state index in [1.165, 1.54) is 5.56 Å². The van der Waals surface area contributed by atoms with Gasteiger partial charge in [-0.25, -0.2) is 0 Å². The predicted octanol–water partition coefficient (Wildman–Crippen LogP) is 1.66. The standard InChI is InChI=1S/C21H30N2O5/c1-2-26-21(25)18(8-9-19-27-14-15-28-19)20(24)23-12-10-22(11-13-23)16-17-6-4-3-5-7-17/h3-7,18-19H,2,8-16H2,1H3. The van der Waals surface area contributed by atoms with Crippen LogP contribution in [-0.4, -0.2) is 74.0 Å². The molecule has 0 radical (unpaired) electrons. The van der Waals surface area contributed by atoms with Crippen LogP contribution in [0.3, 0.4) is 0 Å². The van der Waals surface area contributed by atoms with Crippen molar-refractivity contribution < 1.29 is 23.8 Å². The molecular formula is C21H30N2O5. The Bertz CT molecular complexity index is 625. The number of benzene rings is 1. The van der Waals surface area contributed by atoms with Crippen molar-refractivity contribution in [2.24, 2.45) is 5.92 Å². The third-order valence-corrected chi connectivity index (χ3v) is 5.18. The second-order valence-electron chi connectivity index (χ2n) is 7.14. The zero-order valence-corrected chi connectivity index (χ0v) is 16.5. The van der Waals surface area contributed by atoms with Crippen LogP contribution in [0, 0.1) is 5.92 Å². The molecule has 0 aliphatic carbocycles. The Morgan fingerprint density at radius 1 is 1.11 bits per heavy atom. The summed E-state index contributed by atoms with van der Waals surface area (Å²) in [6, 6.07) is 10.3. The Morgan fingerprint density at radius 2 is 1.79 bits per heavy atom. The van der Waals surface area contributed by atoms with Crippen molar-refractivity contribution >= 4 is 11.9 Å². The van der Waals surface area contributed by atoms with E-state index in [0.717, 1.165) is 19.6 Å². The molecule has 0 bridgehead atoms. The summed E-state index contributed by atoms with van der Waals surface area (Å²) in [6.07, 6.45) is 0.572. The molecule has 2 aliphatic heterocycles. The zero-order chi connectivity index (χ0) is 19.8. The smallest absolute Gasteiger partial charge is 0.318 e. The van der Waals surface area contributed by atoms with E-state index in [1.807, 2.05) is 18.2 Å². The topological polar surface area (TPSA) is 68.3 Å². The van der Waals surface area contributed by atoms with E-state index >= 15 is 0 Å². The maximum atomic E-state index is 13.0. The van der Waals surface area contributed by atoms with Gasteiger partial charge in [0.2, 0.25) is 5.91 Å². The minimum Gasteiger partial charge on any atom is -0.465 e. The van der Waals surface area contributed by atoms with Crippen LogP contribution in [0.5, 0.6) is 0 Å². The highest BCUT2D eigenvalue weighted by molar-refractivity contribution is 5.97. The number of nitrogens with zero attached hydrogens (tertiary/aromatic N) is 2. The fraction of sp³-hybridized carbons (Fsp3) is 0.619. The molecule has 1 amide bonds. The summed E-state index contributed by atoms with van der Waals surface area (Å²) in [5.74, 6) is -1.37. The fourth-order valence-electron chi connectivity index (χ4n) is 3.65. The number of carbonyl (C=O) groups excluding carboxylic acids is 2. The fourth-order valence-corrected chi connectivity index (χ4v) is 3.65. The number of hydrogen-bond donors (Lipinski definition) is 0. The molecule has 1 aromatic rings. The van der Waals surface area contributed by atoms with Gasteiger partial charge in [0.1, 0.15) is 5.92 Å². The maximum Gasteiger partial charge on any atom is 0.318 e. The van der Waals surface area contributed by atoms with E-state index in [4.69, 9.17) is 14.2 Å². The van der Waals surface area contributed by atoms with Gasteiger partial charge in [-0.2, -0.15) is 0 Å². The number of piperazine rings is 1. The summed E-state index contributed by atoms with van der Waals surface area (Å²) in [4.78, 5) is 29.5.